The summed E-state index contributed by atoms with van der Waals surface area (Å²) >= 11 is 7.65. The van der Waals surface area contributed by atoms with Gasteiger partial charge in [0.15, 0.2) is 0 Å². The van der Waals surface area contributed by atoms with Crippen LogP contribution in [0.1, 0.15) is 37.7 Å². The molecular formula is C19H27ClN2O2S. The van der Waals surface area contributed by atoms with Crippen molar-refractivity contribution in [2.24, 2.45) is 5.92 Å². The number of hydrogen-bond donors (Lipinski definition) is 1. The fourth-order valence-corrected chi connectivity index (χ4v) is 3.68. The maximum Gasteiger partial charge on any atom is 0.223 e. The van der Waals surface area contributed by atoms with Crippen molar-refractivity contribution in [1.29, 1.82) is 0 Å². The number of nitrogens with zero attached hydrogens (tertiary/aromatic N) is 1. The molecule has 0 spiro atoms. The fraction of sp³-hybridized carbons (Fsp3) is 0.579. The molecule has 2 rings (SSSR count). The van der Waals surface area contributed by atoms with Gasteiger partial charge < -0.3 is 10.2 Å². The molecule has 6 heteroatoms. The van der Waals surface area contributed by atoms with E-state index in [-0.39, 0.29) is 11.8 Å². The van der Waals surface area contributed by atoms with Crippen LogP contribution in [0.3, 0.4) is 0 Å². The number of nitrogens with one attached hydrogen (secondary N) is 1. The van der Waals surface area contributed by atoms with Crippen molar-refractivity contribution in [3.63, 3.8) is 0 Å². The van der Waals surface area contributed by atoms with Gasteiger partial charge >= 0.3 is 0 Å². The lowest BCUT2D eigenvalue weighted by Crippen LogP contribution is -2.38. The minimum Gasteiger partial charge on any atom is -0.352 e. The number of carbonyl (C=O) groups excluding carboxylic acids is 2. The Labute approximate surface area is 159 Å². The van der Waals surface area contributed by atoms with Gasteiger partial charge in [0.2, 0.25) is 11.8 Å². The maximum atomic E-state index is 12.0. The van der Waals surface area contributed by atoms with E-state index in [4.69, 9.17) is 11.6 Å². The first-order valence-corrected chi connectivity index (χ1v) is 10.6. The molecule has 0 aromatic heterocycles. The summed E-state index contributed by atoms with van der Waals surface area (Å²) in [5, 5.41) is 3.64. The number of likely N-dealkylation sites (tertiary alicyclic amines) is 1. The highest BCUT2D eigenvalue weighted by Crippen LogP contribution is 2.22. The highest BCUT2D eigenvalue weighted by Gasteiger charge is 2.22. The first-order chi connectivity index (χ1) is 12.1. The normalized spacial score (nSPS) is 15.2. The molecule has 25 heavy (non-hydrogen) atoms. The molecule has 1 aliphatic heterocycles. The summed E-state index contributed by atoms with van der Waals surface area (Å²) in [6, 6.07) is 7.53. The zero-order valence-corrected chi connectivity index (χ0v) is 16.4. The molecule has 2 amide bonds. The molecule has 1 heterocycles. The maximum absolute atomic E-state index is 12.0. The van der Waals surface area contributed by atoms with Gasteiger partial charge in [-0.1, -0.05) is 23.7 Å². The lowest BCUT2D eigenvalue weighted by atomic mass is 9.92. The molecule has 1 aliphatic rings. The van der Waals surface area contributed by atoms with Crippen LogP contribution >= 0.6 is 23.4 Å². The van der Waals surface area contributed by atoms with Gasteiger partial charge in [0.25, 0.3) is 0 Å². The Morgan fingerprint density at radius 1 is 1.28 bits per heavy atom. The number of piperidine rings is 1. The largest absolute Gasteiger partial charge is 0.352 e. The van der Waals surface area contributed by atoms with E-state index in [0.717, 1.165) is 43.7 Å². The summed E-state index contributed by atoms with van der Waals surface area (Å²) in [6.07, 6.45) is 6.12. The Morgan fingerprint density at radius 3 is 2.72 bits per heavy atom. The number of thioether (sulfide) groups is 1. The fourth-order valence-electron chi connectivity index (χ4n) is 3.09. The highest BCUT2D eigenvalue weighted by molar-refractivity contribution is 7.98. The van der Waals surface area contributed by atoms with E-state index in [1.54, 1.807) is 11.8 Å². The van der Waals surface area contributed by atoms with Crippen LogP contribution in [0.25, 0.3) is 0 Å². The van der Waals surface area contributed by atoms with Crippen molar-refractivity contribution in [2.75, 3.05) is 25.1 Å². The predicted octanol–water partition coefficient (Wildman–Crippen LogP) is 3.73. The van der Waals surface area contributed by atoms with Crippen LogP contribution < -0.4 is 5.32 Å². The van der Waals surface area contributed by atoms with E-state index in [0.29, 0.717) is 30.3 Å². The first kappa shape index (κ1) is 20.1. The molecule has 1 fully saturated rings. The first-order valence-electron chi connectivity index (χ1n) is 8.86. The van der Waals surface area contributed by atoms with E-state index >= 15 is 0 Å². The monoisotopic (exact) mass is 382 g/mol. The SMILES string of the molecule is CSCCC(=O)N1CCC(CCC(=O)NCc2cccc(Cl)c2)CC1. The van der Waals surface area contributed by atoms with E-state index in [9.17, 15) is 9.59 Å². The van der Waals surface area contributed by atoms with Gasteiger partial charge in [0.1, 0.15) is 0 Å². The minimum absolute atomic E-state index is 0.0819. The van der Waals surface area contributed by atoms with Crippen molar-refractivity contribution < 1.29 is 9.59 Å². The number of hydrogen-bond acceptors (Lipinski definition) is 3. The van der Waals surface area contributed by atoms with Crippen LogP contribution in [0.2, 0.25) is 5.02 Å². The molecule has 0 aliphatic carbocycles. The molecule has 1 saturated heterocycles. The van der Waals surface area contributed by atoms with Crippen LogP contribution in [0, 0.1) is 5.92 Å². The van der Waals surface area contributed by atoms with Crippen LogP contribution in [-0.4, -0.2) is 41.8 Å². The lowest BCUT2D eigenvalue weighted by molar-refractivity contribution is -0.132. The quantitative estimate of drug-likeness (QED) is 0.745. The molecule has 0 atom stereocenters. The zero-order valence-electron chi connectivity index (χ0n) is 14.8. The summed E-state index contributed by atoms with van der Waals surface area (Å²) in [6.45, 7) is 2.19. The Balaban J connectivity index is 1.62. The topological polar surface area (TPSA) is 49.4 Å². The second kappa shape index (κ2) is 10.7. The number of rotatable bonds is 8. The average Bonchev–Trinajstić information content (AvgIpc) is 2.63. The second-order valence-electron chi connectivity index (χ2n) is 6.51. The third-order valence-corrected chi connectivity index (χ3v) is 5.49. The third-order valence-electron chi connectivity index (χ3n) is 4.65. The molecule has 4 nitrogen and oxygen atoms in total. The molecule has 138 valence electrons. The van der Waals surface area contributed by atoms with Gasteiger partial charge in [0.05, 0.1) is 0 Å². The molecule has 0 saturated carbocycles. The molecule has 1 aromatic rings. The Bertz CT molecular complexity index is 574. The van der Waals surface area contributed by atoms with Crippen molar-refractivity contribution in [3.8, 4) is 0 Å². The van der Waals surface area contributed by atoms with E-state index in [1.165, 1.54) is 0 Å². The van der Waals surface area contributed by atoms with Gasteiger partial charge in [0, 0.05) is 43.3 Å². The smallest absolute Gasteiger partial charge is 0.223 e. The molecule has 0 radical (unpaired) electrons. The van der Waals surface area contributed by atoms with Gasteiger partial charge in [-0.05, 0) is 49.1 Å². The van der Waals surface area contributed by atoms with E-state index < -0.39 is 0 Å². The van der Waals surface area contributed by atoms with Crippen LogP contribution in [0.4, 0.5) is 0 Å². The van der Waals surface area contributed by atoms with E-state index in [2.05, 4.69) is 5.32 Å². The Morgan fingerprint density at radius 2 is 2.04 bits per heavy atom. The molecule has 1 aromatic carbocycles. The number of benzene rings is 1. The third kappa shape index (κ3) is 7.28. The zero-order chi connectivity index (χ0) is 18.1. The van der Waals surface area contributed by atoms with Crippen molar-refractivity contribution in [3.05, 3.63) is 34.9 Å². The minimum atomic E-state index is 0.0819. The lowest BCUT2D eigenvalue weighted by Gasteiger charge is -2.32. The van der Waals surface area contributed by atoms with Gasteiger partial charge in [-0.3, -0.25) is 9.59 Å². The standard InChI is InChI=1S/C19H27ClN2O2S/c1-25-12-9-19(24)22-10-7-15(8-11-22)5-6-18(23)21-14-16-3-2-4-17(20)13-16/h2-4,13,15H,5-12,14H2,1H3,(H,21,23). The molecular weight excluding hydrogens is 356 g/mol. The molecule has 1 N–H and O–H groups in total. The highest BCUT2D eigenvalue weighted by atomic mass is 35.5. The van der Waals surface area contributed by atoms with Crippen molar-refractivity contribution >= 4 is 35.2 Å². The average molecular weight is 383 g/mol. The summed E-state index contributed by atoms with van der Waals surface area (Å²) < 4.78 is 0. The summed E-state index contributed by atoms with van der Waals surface area (Å²) in [5.74, 6) is 1.79. The van der Waals surface area contributed by atoms with E-state index in [1.807, 2.05) is 35.4 Å². The summed E-state index contributed by atoms with van der Waals surface area (Å²) in [4.78, 5) is 26.0. The second-order valence-corrected chi connectivity index (χ2v) is 7.93. The van der Waals surface area contributed by atoms with Crippen LogP contribution in [-0.2, 0) is 16.1 Å². The van der Waals surface area contributed by atoms with Crippen LogP contribution in [0.15, 0.2) is 24.3 Å². The van der Waals surface area contributed by atoms with Gasteiger partial charge in [-0.15, -0.1) is 0 Å². The van der Waals surface area contributed by atoms with Crippen LogP contribution in [0.5, 0.6) is 0 Å². The summed E-state index contributed by atoms with van der Waals surface area (Å²) in [5.41, 5.74) is 1.01. The molecule has 0 unspecified atom stereocenters. The van der Waals surface area contributed by atoms with Gasteiger partial charge in [-0.2, -0.15) is 11.8 Å². The Hall–Kier alpha value is -1.20. The number of amides is 2. The summed E-state index contributed by atoms with van der Waals surface area (Å²) in [7, 11) is 0. The predicted molar refractivity (Wildman–Crippen MR) is 105 cm³/mol. The van der Waals surface area contributed by atoms with Crippen molar-refractivity contribution in [1.82, 2.24) is 10.2 Å². The molecule has 0 bridgehead atoms. The number of carbonyl (C=O) groups is 2. The Kier molecular flexibility index (Phi) is 8.62. The van der Waals surface area contributed by atoms with Crippen molar-refractivity contribution in [2.45, 2.75) is 38.6 Å². The number of halogens is 1. The van der Waals surface area contributed by atoms with Gasteiger partial charge in [-0.25, -0.2) is 0 Å².